The van der Waals surface area contributed by atoms with Crippen LogP contribution in [0.3, 0.4) is 0 Å². The highest BCUT2D eigenvalue weighted by Gasteiger charge is 2.27. The number of hydrogen-bond acceptors (Lipinski definition) is 6. The van der Waals surface area contributed by atoms with Crippen LogP contribution in [-0.2, 0) is 9.53 Å². The van der Waals surface area contributed by atoms with Crippen LogP contribution in [0.2, 0.25) is 0 Å². The molecule has 2 saturated heterocycles. The van der Waals surface area contributed by atoms with Gasteiger partial charge in [0.25, 0.3) is 0 Å². The van der Waals surface area contributed by atoms with Crippen LogP contribution < -0.4 is 10.2 Å². The number of carbonyl (C=O) groups is 1. The maximum absolute atomic E-state index is 13.3. The fourth-order valence-electron chi connectivity index (χ4n) is 4.34. The first-order chi connectivity index (χ1) is 15.2. The second kappa shape index (κ2) is 8.88. The lowest BCUT2D eigenvalue weighted by Gasteiger charge is -2.32. The van der Waals surface area contributed by atoms with Gasteiger partial charge in [0.15, 0.2) is 0 Å². The molecule has 0 unspecified atom stereocenters. The summed E-state index contributed by atoms with van der Waals surface area (Å²) in [7, 11) is 0. The summed E-state index contributed by atoms with van der Waals surface area (Å²) in [5.41, 5.74) is 1.86. The summed E-state index contributed by atoms with van der Waals surface area (Å²) >= 11 is 1.62. The highest BCUT2D eigenvalue weighted by Crippen LogP contribution is 2.37. The molecule has 0 bridgehead atoms. The number of benzene rings is 1. The summed E-state index contributed by atoms with van der Waals surface area (Å²) in [5, 5.41) is 3.07. The third-order valence-corrected chi connectivity index (χ3v) is 7.28. The van der Waals surface area contributed by atoms with Crippen LogP contribution in [0.15, 0.2) is 36.7 Å². The normalized spacial score (nSPS) is 19.8. The van der Waals surface area contributed by atoms with Crippen molar-refractivity contribution in [3.63, 3.8) is 0 Å². The standard InChI is InChI=1S/C23H25FN4O2S/c24-17-5-3-15(4-6-17)20-12-19-21(31-20)22(27-14-26-19)28-9-7-16(8-10-28)23(29)25-13-18-2-1-11-30-18/h3-6,12,14,16,18H,1-2,7-11,13H2,(H,25,29)/t18-/m0/s1. The lowest BCUT2D eigenvalue weighted by molar-refractivity contribution is -0.126. The van der Waals surface area contributed by atoms with E-state index >= 15 is 0 Å². The molecule has 31 heavy (non-hydrogen) atoms. The topological polar surface area (TPSA) is 67.3 Å². The van der Waals surface area contributed by atoms with Gasteiger partial charge in [-0.25, -0.2) is 14.4 Å². The highest BCUT2D eigenvalue weighted by molar-refractivity contribution is 7.22. The van der Waals surface area contributed by atoms with Crippen LogP contribution in [0, 0.1) is 11.7 Å². The first kappa shape index (κ1) is 20.3. The molecule has 1 amide bonds. The molecular formula is C23H25FN4O2S. The number of halogens is 1. The van der Waals surface area contributed by atoms with Crippen molar-refractivity contribution in [1.29, 1.82) is 0 Å². The van der Waals surface area contributed by atoms with Gasteiger partial charge in [-0.1, -0.05) is 12.1 Å². The van der Waals surface area contributed by atoms with Crippen molar-refractivity contribution >= 4 is 33.3 Å². The van der Waals surface area contributed by atoms with Gasteiger partial charge >= 0.3 is 0 Å². The lowest BCUT2D eigenvalue weighted by Crippen LogP contribution is -2.42. The molecule has 1 atom stereocenters. The summed E-state index contributed by atoms with van der Waals surface area (Å²) in [6.07, 6.45) is 5.49. The van der Waals surface area contributed by atoms with Gasteiger partial charge in [0.2, 0.25) is 5.91 Å². The molecule has 3 aromatic rings. The van der Waals surface area contributed by atoms with Gasteiger partial charge in [0.1, 0.15) is 18.0 Å². The number of carbonyl (C=O) groups excluding carboxylic acids is 1. The predicted octanol–water partition coefficient (Wildman–Crippen LogP) is 4.01. The van der Waals surface area contributed by atoms with Crippen LogP contribution in [-0.4, -0.2) is 48.2 Å². The fourth-order valence-corrected chi connectivity index (χ4v) is 5.47. The van der Waals surface area contributed by atoms with E-state index in [2.05, 4.69) is 20.2 Å². The number of anilines is 1. The van der Waals surface area contributed by atoms with E-state index in [1.165, 1.54) is 12.1 Å². The predicted molar refractivity (Wildman–Crippen MR) is 120 cm³/mol. The molecule has 2 aliphatic rings. The summed E-state index contributed by atoms with van der Waals surface area (Å²) in [6, 6.07) is 8.55. The van der Waals surface area contributed by atoms with Crippen LogP contribution in [0.5, 0.6) is 0 Å². The Hall–Kier alpha value is -2.58. The van der Waals surface area contributed by atoms with Gasteiger partial charge in [-0.2, -0.15) is 0 Å². The number of aromatic nitrogens is 2. The van der Waals surface area contributed by atoms with Crippen molar-refractivity contribution in [2.75, 3.05) is 31.1 Å². The first-order valence-corrected chi connectivity index (χ1v) is 11.6. The number of hydrogen-bond donors (Lipinski definition) is 1. The van der Waals surface area contributed by atoms with E-state index in [1.54, 1.807) is 29.8 Å². The van der Waals surface area contributed by atoms with Crippen LogP contribution in [0.25, 0.3) is 20.7 Å². The van der Waals surface area contributed by atoms with Crippen molar-refractivity contribution in [3.8, 4) is 10.4 Å². The Morgan fingerprint density at radius 3 is 2.74 bits per heavy atom. The minimum absolute atomic E-state index is 0.0353. The van der Waals surface area contributed by atoms with E-state index < -0.39 is 0 Å². The van der Waals surface area contributed by atoms with Gasteiger partial charge < -0.3 is 15.0 Å². The smallest absolute Gasteiger partial charge is 0.223 e. The zero-order valence-corrected chi connectivity index (χ0v) is 18.0. The van der Waals surface area contributed by atoms with E-state index in [9.17, 15) is 9.18 Å². The molecule has 1 N–H and O–H groups in total. The summed E-state index contributed by atoms with van der Waals surface area (Å²) < 4.78 is 19.9. The van der Waals surface area contributed by atoms with Crippen LogP contribution >= 0.6 is 11.3 Å². The molecule has 2 aliphatic heterocycles. The lowest BCUT2D eigenvalue weighted by atomic mass is 9.96. The Kier molecular flexibility index (Phi) is 5.82. The van der Waals surface area contributed by atoms with E-state index in [-0.39, 0.29) is 23.7 Å². The second-order valence-electron chi connectivity index (χ2n) is 8.17. The third kappa shape index (κ3) is 4.41. The SMILES string of the molecule is O=C(NC[C@@H]1CCCO1)C1CCN(c2ncnc3cc(-c4ccc(F)cc4)sc23)CC1. The fraction of sp³-hybridized carbons (Fsp3) is 0.435. The van der Waals surface area contributed by atoms with Gasteiger partial charge in [0, 0.05) is 37.0 Å². The van der Waals surface area contributed by atoms with Crippen LogP contribution in [0.1, 0.15) is 25.7 Å². The van der Waals surface area contributed by atoms with Gasteiger partial charge in [-0.15, -0.1) is 11.3 Å². The van der Waals surface area contributed by atoms with E-state index in [0.717, 1.165) is 71.9 Å². The molecule has 0 aliphatic carbocycles. The third-order valence-electron chi connectivity index (χ3n) is 6.11. The molecule has 5 rings (SSSR count). The molecule has 2 aromatic heterocycles. The number of rotatable bonds is 5. The Morgan fingerprint density at radius 1 is 1.19 bits per heavy atom. The Balaban J connectivity index is 1.26. The molecule has 0 saturated carbocycles. The molecule has 0 spiro atoms. The largest absolute Gasteiger partial charge is 0.376 e. The van der Waals surface area contributed by atoms with E-state index in [0.29, 0.717) is 6.54 Å². The second-order valence-corrected chi connectivity index (χ2v) is 9.22. The molecule has 0 radical (unpaired) electrons. The summed E-state index contributed by atoms with van der Waals surface area (Å²) in [6.45, 7) is 2.99. The number of piperidine rings is 1. The molecular weight excluding hydrogens is 415 g/mol. The zero-order valence-electron chi connectivity index (χ0n) is 17.2. The number of nitrogens with zero attached hydrogens (tertiary/aromatic N) is 3. The quantitative estimate of drug-likeness (QED) is 0.649. The monoisotopic (exact) mass is 440 g/mol. The minimum Gasteiger partial charge on any atom is -0.376 e. The maximum atomic E-state index is 13.3. The Labute approximate surface area is 184 Å². The van der Waals surface area contributed by atoms with Crippen molar-refractivity contribution in [1.82, 2.24) is 15.3 Å². The average molecular weight is 441 g/mol. The molecule has 6 nitrogen and oxygen atoms in total. The summed E-state index contributed by atoms with van der Waals surface area (Å²) in [4.78, 5) is 24.8. The Morgan fingerprint density at radius 2 is 2.00 bits per heavy atom. The molecule has 2 fully saturated rings. The maximum Gasteiger partial charge on any atom is 0.223 e. The van der Waals surface area contributed by atoms with Gasteiger partial charge in [0.05, 0.1) is 16.3 Å². The molecule has 4 heterocycles. The van der Waals surface area contributed by atoms with E-state index in [4.69, 9.17) is 4.74 Å². The highest BCUT2D eigenvalue weighted by atomic mass is 32.1. The Bertz CT molecular complexity index is 1060. The number of ether oxygens (including phenoxy) is 1. The van der Waals surface area contributed by atoms with Crippen molar-refractivity contribution < 1.29 is 13.9 Å². The number of fused-ring (bicyclic) bond motifs is 1. The number of nitrogens with one attached hydrogen (secondary N) is 1. The first-order valence-electron chi connectivity index (χ1n) is 10.8. The number of amides is 1. The number of thiophene rings is 1. The zero-order chi connectivity index (χ0) is 21.2. The molecule has 162 valence electrons. The summed E-state index contributed by atoms with van der Waals surface area (Å²) in [5.74, 6) is 0.848. The molecule has 8 heteroatoms. The van der Waals surface area contributed by atoms with Crippen molar-refractivity contribution in [2.24, 2.45) is 5.92 Å². The van der Waals surface area contributed by atoms with E-state index in [1.807, 2.05) is 6.07 Å². The van der Waals surface area contributed by atoms with Gasteiger partial charge in [-0.3, -0.25) is 4.79 Å². The van der Waals surface area contributed by atoms with Crippen LogP contribution in [0.4, 0.5) is 10.2 Å². The molecule has 1 aromatic carbocycles. The van der Waals surface area contributed by atoms with Crippen molar-refractivity contribution in [3.05, 3.63) is 42.5 Å². The van der Waals surface area contributed by atoms with Crippen molar-refractivity contribution in [2.45, 2.75) is 31.8 Å². The van der Waals surface area contributed by atoms with Gasteiger partial charge in [-0.05, 0) is 49.4 Å². The minimum atomic E-state index is -0.243. The average Bonchev–Trinajstić information content (AvgIpc) is 3.48.